The number of anilines is 1. The number of pyridine rings is 1. The zero-order chi connectivity index (χ0) is 10.8. The molecule has 1 aliphatic rings. The van der Waals surface area contributed by atoms with Crippen LogP contribution in [0.1, 0.15) is 23.3 Å². The summed E-state index contributed by atoms with van der Waals surface area (Å²) in [4.78, 5) is 14.3. The summed E-state index contributed by atoms with van der Waals surface area (Å²) in [6.45, 7) is 0. The molecule has 1 heterocycles. The van der Waals surface area contributed by atoms with E-state index < -0.39 is 5.97 Å². The van der Waals surface area contributed by atoms with Crippen LogP contribution in [-0.2, 0) is 0 Å². The Bertz CT molecular complexity index is 357. The molecule has 0 unspecified atom stereocenters. The fourth-order valence-corrected chi connectivity index (χ4v) is 1.55. The highest BCUT2D eigenvalue weighted by Crippen LogP contribution is 2.23. The van der Waals surface area contributed by atoms with Gasteiger partial charge in [0.1, 0.15) is 5.69 Å². The van der Waals surface area contributed by atoms with Crippen LogP contribution in [0.15, 0.2) is 18.3 Å². The molecule has 80 valence electrons. The molecule has 1 fully saturated rings. The van der Waals surface area contributed by atoms with E-state index in [1.807, 2.05) is 0 Å². The Balaban J connectivity index is 1.95. The van der Waals surface area contributed by atoms with Crippen LogP contribution in [0.25, 0.3) is 0 Å². The second-order valence-electron chi connectivity index (χ2n) is 3.70. The van der Waals surface area contributed by atoms with Gasteiger partial charge in [-0.2, -0.15) is 0 Å². The Hall–Kier alpha value is -1.62. The summed E-state index contributed by atoms with van der Waals surface area (Å²) >= 11 is 0. The molecule has 0 aliphatic heterocycles. The van der Waals surface area contributed by atoms with Crippen molar-refractivity contribution in [1.29, 1.82) is 0 Å². The topological polar surface area (TPSA) is 82.5 Å². The second-order valence-corrected chi connectivity index (χ2v) is 3.70. The van der Waals surface area contributed by atoms with Crippen LogP contribution >= 0.6 is 0 Å². The van der Waals surface area contributed by atoms with E-state index in [9.17, 15) is 4.79 Å². The number of aromatic carboxylic acids is 1. The molecule has 0 saturated heterocycles. The molecular formula is C10H12N2O3. The molecule has 1 aromatic rings. The fourth-order valence-electron chi connectivity index (χ4n) is 1.55. The van der Waals surface area contributed by atoms with Gasteiger partial charge in [0.2, 0.25) is 0 Å². The van der Waals surface area contributed by atoms with Gasteiger partial charge in [0.25, 0.3) is 0 Å². The third-order valence-corrected chi connectivity index (χ3v) is 2.47. The molecule has 3 N–H and O–H groups in total. The number of rotatable bonds is 3. The van der Waals surface area contributed by atoms with E-state index in [4.69, 9.17) is 10.2 Å². The molecule has 2 rings (SSSR count). The first-order chi connectivity index (χ1) is 7.15. The lowest BCUT2D eigenvalue weighted by Gasteiger charge is -2.32. The summed E-state index contributed by atoms with van der Waals surface area (Å²) in [6, 6.07) is 3.42. The molecule has 1 saturated carbocycles. The number of nitrogens with one attached hydrogen (secondary N) is 1. The third kappa shape index (κ3) is 2.24. The second kappa shape index (κ2) is 3.86. The lowest BCUT2D eigenvalue weighted by molar-refractivity contribution is 0.0690. The first kappa shape index (κ1) is 9.92. The van der Waals surface area contributed by atoms with E-state index in [0.717, 1.165) is 18.5 Å². The van der Waals surface area contributed by atoms with Crippen molar-refractivity contribution >= 4 is 11.7 Å². The first-order valence-corrected chi connectivity index (χ1v) is 4.79. The molecule has 0 spiro atoms. The van der Waals surface area contributed by atoms with E-state index in [2.05, 4.69) is 10.3 Å². The van der Waals surface area contributed by atoms with Gasteiger partial charge in [-0.15, -0.1) is 0 Å². The summed E-state index contributed by atoms with van der Waals surface area (Å²) in [5.74, 6) is -1.03. The van der Waals surface area contributed by atoms with Crippen molar-refractivity contribution in [2.45, 2.75) is 25.0 Å². The van der Waals surface area contributed by atoms with Crippen LogP contribution in [0.5, 0.6) is 0 Å². The van der Waals surface area contributed by atoms with Gasteiger partial charge >= 0.3 is 5.97 Å². The van der Waals surface area contributed by atoms with E-state index >= 15 is 0 Å². The normalized spacial score (nSPS) is 24.3. The molecule has 0 aromatic carbocycles. The maximum absolute atomic E-state index is 10.5. The standard InChI is InChI=1S/C10H12N2O3/c13-8-3-7(4-8)12-6-1-2-9(10(14)15)11-5-6/h1-2,5,7-8,12-13H,3-4H2,(H,14,15). The monoisotopic (exact) mass is 208 g/mol. The number of carbonyl (C=O) groups is 1. The van der Waals surface area contributed by atoms with E-state index in [1.54, 1.807) is 6.07 Å². The number of carboxylic acids is 1. The van der Waals surface area contributed by atoms with Crippen molar-refractivity contribution in [2.24, 2.45) is 0 Å². The molecule has 5 nitrogen and oxygen atoms in total. The average molecular weight is 208 g/mol. The highest BCUT2D eigenvalue weighted by molar-refractivity contribution is 5.85. The van der Waals surface area contributed by atoms with Gasteiger partial charge in [0, 0.05) is 6.04 Å². The van der Waals surface area contributed by atoms with Gasteiger partial charge in [-0.3, -0.25) is 0 Å². The maximum Gasteiger partial charge on any atom is 0.354 e. The van der Waals surface area contributed by atoms with Crippen molar-refractivity contribution in [3.8, 4) is 0 Å². The predicted molar refractivity (Wildman–Crippen MR) is 53.8 cm³/mol. The highest BCUT2D eigenvalue weighted by Gasteiger charge is 2.26. The van der Waals surface area contributed by atoms with E-state index in [0.29, 0.717) is 0 Å². The average Bonchev–Trinajstić information content (AvgIpc) is 2.16. The molecule has 0 bridgehead atoms. The predicted octanol–water partition coefficient (Wildman–Crippen LogP) is 0.715. The van der Waals surface area contributed by atoms with Crippen molar-refractivity contribution in [3.63, 3.8) is 0 Å². The molecule has 0 atom stereocenters. The van der Waals surface area contributed by atoms with Gasteiger partial charge in [-0.05, 0) is 25.0 Å². The summed E-state index contributed by atoms with van der Waals surface area (Å²) in [7, 11) is 0. The summed E-state index contributed by atoms with van der Waals surface area (Å²) in [6.07, 6.45) is 2.77. The van der Waals surface area contributed by atoms with Crippen molar-refractivity contribution in [1.82, 2.24) is 4.98 Å². The van der Waals surface area contributed by atoms with Crippen molar-refractivity contribution in [3.05, 3.63) is 24.0 Å². The molecule has 5 heteroatoms. The van der Waals surface area contributed by atoms with Gasteiger partial charge in [-0.1, -0.05) is 0 Å². The van der Waals surface area contributed by atoms with Gasteiger partial charge in [0.15, 0.2) is 0 Å². The van der Waals surface area contributed by atoms with Crippen LogP contribution in [0, 0.1) is 0 Å². The van der Waals surface area contributed by atoms with E-state index in [-0.39, 0.29) is 17.8 Å². The number of aliphatic hydroxyl groups is 1. The van der Waals surface area contributed by atoms with Crippen LogP contribution in [0.4, 0.5) is 5.69 Å². The maximum atomic E-state index is 10.5. The van der Waals surface area contributed by atoms with Crippen LogP contribution in [0.2, 0.25) is 0 Å². The number of hydrogen-bond donors (Lipinski definition) is 3. The minimum absolute atomic E-state index is 0.0363. The van der Waals surface area contributed by atoms with Crippen molar-refractivity contribution < 1.29 is 15.0 Å². The van der Waals surface area contributed by atoms with Gasteiger partial charge < -0.3 is 15.5 Å². The minimum Gasteiger partial charge on any atom is -0.477 e. The SMILES string of the molecule is O=C(O)c1ccc(NC2CC(O)C2)cn1. The van der Waals surface area contributed by atoms with Crippen molar-refractivity contribution in [2.75, 3.05) is 5.32 Å². The smallest absolute Gasteiger partial charge is 0.354 e. The van der Waals surface area contributed by atoms with Crippen LogP contribution < -0.4 is 5.32 Å². The summed E-state index contributed by atoms with van der Waals surface area (Å²) in [5.41, 5.74) is 0.825. The van der Waals surface area contributed by atoms with Crippen LogP contribution in [0.3, 0.4) is 0 Å². The molecule has 15 heavy (non-hydrogen) atoms. The summed E-state index contributed by atoms with van der Waals surface area (Å²) < 4.78 is 0. The molecule has 0 amide bonds. The lowest BCUT2D eigenvalue weighted by Crippen LogP contribution is -2.38. The van der Waals surface area contributed by atoms with Gasteiger partial charge in [-0.25, -0.2) is 9.78 Å². The largest absolute Gasteiger partial charge is 0.477 e. The molecule has 0 radical (unpaired) electrons. The van der Waals surface area contributed by atoms with Gasteiger partial charge in [0.05, 0.1) is 18.0 Å². The number of aromatic nitrogens is 1. The van der Waals surface area contributed by atoms with E-state index in [1.165, 1.54) is 12.3 Å². The number of carboxylic acid groups (broad SMARTS) is 1. The Labute approximate surface area is 86.8 Å². The third-order valence-electron chi connectivity index (χ3n) is 2.47. The fraction of sp³-hybridized carbons (Fsp3) is 0.400. The first-order valence-electron chi connectivity index (χ1n) is 4.79. The Morgan fingerprint density at radius 3 is 2.67 bits per heavy atom. The lowest BCUT2D eigenvalue weighted by atomic mass is 9.89. The molecule has 1 aliphatic carbocycles. The minimum atomic E-state index is -1.03. The summed E-state index contributed by atoms with van der Waals surface area (Å²) in [5, 5.41) is 20.9. The van der Waals surface area contributed by atoms with Crippen LogP contribution in [-0.4, -0.2) is 33.3 Å². The quantitative estimate of drug-likeness (QED) is 0.681. The number of nitrogens with zero attached hydrogens (tertiary/aromatic N) is 1. The Kier molecular flexibility index (Phi) is 2.55. The highest BCUT2D eigenvalue weighted by atomic mass is 16.4. The zero-order valence-corrected chi connectivity index (χ0v) is 8.05. The number of hydrogen-bond acceptors (Lipinski definition) is 4. The Morgan fingerprint density at radius 1 is 1.47 bits per heavy atom. The Morgan fingerprint density at radius 2 is 2.20 bits per heavy atom. The molecular weight excluding hydrogens is 196 g/mol. The number of aliphatic hydroxyl groups excluding tert-OH is 1. The zero-order valence-electron chi connectivity index (χ0n) is 8.05. The molecule has 1 aromatic heterocycles.